The average Bonchev–Trinajstić information content (AvgIpc) is 3.01. The van der Waals surface area contributed by atoms with Gasteiger partial charge in [-0.25, -0.2) is 9.78 Å². The molecule has 2 aliphatic rings. The van der Waals surface area contributed by atoms with Crippen LogP contribution in [0.25, 0.3) is 10.9 Å². The Bertz CT molecular complexity index is 1440. The van der Waals surface area contributed by atoms with Gasteiger partial charge in [-0.2, -0.15) is 0 Å². The molecule has 0 aliphatic carbocycles. The van der Waals surface area contributed by atoms with Gasteiger partial charge in [0.15, 0.2) is 6.61 Å². The van der Waals surface area contributed by atoms with Gasteiger partial charge >= 0.3 is 12.1 Å². The number of hydrogen-bond donors (Lipinski definition) is 3. The first-order valence-corrected chi connectivity index (χ1v) is 14.4. The van der Waals surface area contributed by atoms with Gasteiger partial charge < -0.3 is 39.9 Å². The van der Waals surface area contributed by atoms with Crippen LogP contribution in [0.5, 0.6) is 5.75 Å². The summed E-state index contributed by atoms with van der Waals surface area (Å²) in [6, 6.07) is 5.52. The minimum absolute atomic E-state index is 0.0736. The van der Waals surface area contributed by atoms with Crippen molar-refractivity contribution in [1.29, 1.82) is 0 Å². The lowest BCUT2D eigenvalue weighted by Crippen LogP contribution is -2.56. The molecule has 0 bridgehead atoms. The summed E-state index contributed by atoms with van der Waals surface area (Å²) in [7, 11) is 0. The van der Waals surface area contributed by atoms with Crippen molar-refractivity contribution < 1.29 is 43.3 Å². The summed E-state index contributed by atoms with van der Waals surface area (Å²) in [4.78, 5) is 83.5. The van der Waals surface area contributed by atoms with Gasteiger partial charge in [0.2, 0.25) is 11.8 Å². The summed E-state index contributed by atoms with van der Waals surface area (Å²) < 4.78 is 10.8. The molecule has 0 unspecified atom stereocenters. The third-order valence-electron chi connectivity index (χ3n) is 7.27. The number of amides is 5. The van der Waals surface area contributed by atoms with E-state index in [0.717, 1.165) is 5.56 Å². The molecule has 1 atom stereocenters. The topological polar surface area (TPSA) is 188 Å². The normalized spacial score (nSPS) is 15.8. The number of aliphatic carboxylic acids is 1. The second-order valence-corrected chi connectivity index (χ2v) is 10.4. The molecule has 5 amide bonds. The van der Waals surface area contributed by atoms with Crippen LogP contribution in [0.15, 0.2) is 24.3 Å². The zero-order chi connectivity index (χ0) is 31.8. The van der Waals surface area contributed by atoms with Crippen LogP contribution in [0.3, 0.4) is 0 Å². The molecule has 2 aliphatic heterocycles. The molecule has 0 spiro atoms. The number of carbonyl (C=O) groups excluding carboxylic acids is 5. The van der Waals surface area contributed by atoms with Crippen LogP contribution in [0, 0.1) is 6.92 Å². The molecule has 236 valence electrons. The lowest BCUT2D eigenvalue weighted by Gasteiger charge is -2.35. The van der Waals surface area contributed by atoms with Crippen LogP contribution in [0.2, 0.25) is 0 Å². The van der Waals surface area contributed by atoms with Gasteiger partial charge in [-0.3, -0.25) is 24.0 Å². The number of rotatable bonds is 10. The number of hydrogen-bond acceptors (Lipinski definition) is 9. The Morgan fingerprint density at radius 3 is 2.45 bits per heavy atom. The molecular formula is C29H36N6O9. The number of fused-ring (bicyclic) bond motifs is 1. The molecule has 3 N–H and O–H groups in total. The number of aryl methyl sites for hydroxylation is 1. The van der Waals surface area contributed by atoms with Crippen LogP contribution < -0.4 is 15.4 Å². The van der Waals surface area contributed by atoms with Gasteiger partial charge in [-0.1, -0.05) is 6.07 Å². The number of aromatic nitrogens is 1. The lowest BCUT2D eigenvalue weighted by molar-refractivity contribution is -0.139. The average molecular weight is 613 g/mol. The summed E-state index contributed by atoms with van der Waals surface area (Å²) in [5.41, 5.74) is 1.18. The van der Waals surface area contributed by atoms with E-state index in [1.165, 1.54) is 20.8 Å². The zero-order valence-corrected chi connectivity index (χ0v) is 24.7. The van der Waals surface area contributed by atoms with Gasteiger partial charge in [0.1, 0.15) is 17.5 Å². The monoisotopic (exact) mass is 612 g/mol. The highest BCUT2D eigenvalue weighted by atomic mass is 16.6. The van der Waals surface area contributed by atoms with Gasteiger partial charge in [-0.15, -0.1) is 0 Å². The molecule has 1 aromatic heterocycles. The van der Waals surface area contributed by atoms with Gasteiger partial charge in [-0.05, 0) is 38.0 Å². The van der Waals surface area contributed by atoms with E-state index in [1.54, 1.807) is 19.1 Å². The Hall–Kier alpha value is -4.95. The van der Waals surface area contributed by atoms with Crippen LogP contribution in [-0.2, 0) is 23.9 Å². The Labute approximate surface area is 253 Å². The predicted octanol–water partition coefficient (Wildman–Crippen LogP) is 0.144. The minimum Gasteiger partial charge on any atom is -0.483 e. The molecule has 15 nitrogen and oxygen atoms in total. The molecule has 2 aromatic rings. The highest BCUT2D eigenvalue weighted by molar-refractivity contribution is 5.99. The minimum atomic E-state index is -1.17. The fourth-order valence-electron chi connectivity index (χ4n) is 4.93. The van der Waals surface area contributed by atoms with Crippen molar-refractivity contribution in [3.05, 3.63) is 35.5 Å². The van der Waals surface area contributed by atoms with Gasteiger partial charge in [0.25, 0.3) is 11.8 Å². The molecule has 4 rings (SSSR count). The lowest BCUT2D eigenvalue weighted by atomic mass is 10.1. The van der Waals surface area contributed by atoms with E-state index in [2.05, 4.69) is 15.6 Å². The second kappa shape index (κ2) is 14.5. The van der Waals surface area contributed by atoms with E-state index in [-0.39, 0.29) is 76.1 Å². The quantitative estimate of drug-likeness (QED) is 0.333. The molecule has 3 heterocycles. The van der Waals surface area contributed by atoms with E-state index in [0.29, 0.717) is 24.0 Å². The van der Waals surface area contributed by atoms with Crippen molar-refractivity contribution in [2.24, 2.45) is 0 Å². The van der Waals surface area contributed by atoms with E-state index in [4.69, 9.17) is 9.47 Å². The van der Waals surface area contributed by atoms with Crippen LogP contribution in [-0.4, -0.2) is 126 Å². The molecule has 44 heavy (non-hydrogen) atoms. The Balaban J connectivity index is 1.51. The summed E-state index contributed by atoms with van der Waals surface area (Å²) in [6.07, 6.45) is -1.00. The number of carbonyl (C=O) groups is 6. The van der Waals surface area contributed by atoms with Crippen molar-refractivity contribution in [1.82, 2.24) is 30.3 Å². The number of benzene rings is 1. The molecule has 2 saturated heterocycles. The molecule has 15 heteroatoms. The SMILES string of the molecule is CCOC(=O)N1CCN(C(=O)[C@H](CCC(=O)O)NC(=O)c2cc(OCC(=O)N3CCNC(=O)C3)c3ccc(C)cc3n2)CC1. The van der Waals surface area contributed by atoms with E-state index in [9.17, 15) is 33.9 Å². The van der Waals surface area contributed by atoms with E-state index < -0.39 is 35.8 Å². The highest BCUT2D eigenvalue weighted by Crippen LogP contribution is 2.27. The van der Waals surface area contributed by atoms with Crippen molar-refractivity contribution in [3.63, 3.8) is 0 Å². The van der Waals surface area contributed by atoms with Crippen molar-refractivity contribution in [2.75, 3.05) is 59.0 Å². The summed E-state index contributed by atoms with van der Waals surface area (Å²) in [5, 5.41) is 15.1. The number of ether oxygens (including phenoxy) is 2. The van der Waals surface area contributed by atoms with E-state index >= 15 is 0 Å². The van der Waals surface area contributed by atoms with Crippen molar-refractivity contribution in [2.45, 2.75) is 32.7 Å². The molecule has 0 radical (unpaired) electrons. The van der Waals surface area contributed by atoms with Crippen LogP contribution in [0.4, 0.5) is 4.79 Å². The largest absolute Gasteiger partial charge is 0.483 e. The zero-order valence-electron chi connectivity index (χ0n) is 24.7. The molecule has 0 saturated carbocycles. The van der Waals surface area contributed by atoms with E-state index in [1.807, 2.05) is 13.0 Å². The number of nitrogens with one attached hydrogen (secondary N) is 2. The third-order valence-corrected chi connectivity index (χ3v) is 7.27. The Morgan fingerprint density at radius 2 is 1.77 bits per heavy atom. The van der Waals surface area contributed by atoms with Crippen molar-refractivity contribution in [3.8, 4) is 5.75 Å². The maximum Gasteiger partial charge on any atom is 0.409 e. The molecule has 2 fully saturated rings. The number of nitrogens with zero attached hydrogens (tertiary/aromatic N) is 4. The van der Waals surface area contributed by atoms with Gasteiger partial charge in [0.05, 0.1) is 18.7 Å². The Morgan fingerprint density at radius 1 is 1.05 bits per heavy atom. The molecular weight excluding hydrogens is 576 g/mol. The number of carboxylic acids is 1. The standard InChI is InChI=1S/C29H36N6O9/c1-3-43-29(42)34-12-10-33(11-13-34)28(41)20(6-7-26(38)39)32-27(40)22-15-23(19-5-4-18(2)14-21(19)31-22)44-17-25(37)35-9-8-30-24(36)16-35/h4-5,14-15,20H,3,6-13,16-17H2,1-2H3,(H,30,36)(H,32,40)(H,38,39)/t20-/m0/s1. The van der Waals surface area contributed by atoms with Crippen LogP contribution >= 0.6 is 0 Å². The molecule has 1 aromatic carbocycles. The number of piperazine rings is 2. The summed E-state index contributed by atoms with van der Waals surface area (Å²) in [5.74, 6) is -2.79. The summed E-state index contributed by atoms with van der Waals surface area (Å²) >= 11 is 0. The third kappa shape index (κ3) is 8.11. The first-order valence-electron chi connectivity index (χ1n) is 14.4. The number of pyridine rings is 1. The fraction of sp³-hybridized carbons (Fsp3) is 0.483. The fourth-order valence-corrected chi connectivity index (χ4v) is 4.93. The summed E-state index contributed by atoms with van der Waals surface area (Å²) in [6.45, 7) is 4.86. The Kier molecular flexibility index (Phi) is 10.5. The van der Waals surface area contributed by atoms with Gasteiger partial charge in [0, 0.05) is 57.1 Å². The predicted molar refractivity (Wildman–Crippen MR) is 155 cm³/mol. The number of carboxylic acid groups (broad SMARTS) is 1. The maximum absolute atomic E-state index is 13.5. The second-order valence-electron chi connectivity index (χ2n) is 10.4. The maximum atomic E-state index is 13.5. The highest BCUT2D eigenvalue weighted by Gasteiger charge is 2.31. The van der Waals surface area contributed by atoms with Crippen molar-refractivity contribution >= 4 is 46.6 Å². The smallest absolute Gasteiger partial charge is 0.409 e. The first-order chi connectivity index (χ1) is 21.0. The van der Waals surface area contributed by atoms with Crippen LogP contribution in [0.1, 0.15) is 35.8 Å². The first kappa shape index (κ1) is 32.0.